The molecule has 0 aliphatic heterocycles. The van der Waals surface area contributed by atoms with Crippen LogP contribution in [-0.2, 0) is 19.1 Å². The number of hydrogen-bond acceptors (Lipinski definition) is 6. The van der Waals surface area contributed by atoms with Gasteiger partial charge in [-0.3, -0.25) is 9.59 Å². The highest BCUT2D eigenvalue weighted by atomic mass is 16.5. The molecule has 382 valence electrons. The molecule has 2 atom stereocenters. The van der Waals surface area contributed by atoms with Crippen molar-refractivity contribution in [2.45, 2.75) is 258 Å². The third kappa shape index (κ3) is 21.0. The van der Waals surface area contributed by atoms with Gasteiger partial charge >= 0.3 is 11.9 Å². The Morgan fingerprint density at radius 2 is 0.676 bits per heavy atom. The van der Waals surface area contributed by atoms with Crippen LogP contribution in [0.15, 0.2) is 48.5 Å². The monoisotopic (exact) mass is 939 g/mol. The smallest absolute Gasteiger partial charge is 0.309 e. The van der Waals surface area contributed by atoms with Gasteiger partial charge in [-0.05, 0) is 50.4 Å². The number of esters is 2. The van der Waals surface area contributed by atoms with Gasteiger partial charge in [-0.15, -0.1) is 0 Å². The molecule has 68 heavy (non-hydrogen) atoms. The second kappa shape index (κ2) is 33.3. The maximum absolute atomic E-state index is 13.1. The summed E-state index contributed by atoms with van der Waals surface area (Å²) in [5.41, 5.74) is 0. The fourth-order valence-corrected chi connectivity index (χ4v) is 11.5. The molecule has 0 radical (unpaired) electrons. The molecule has 5 rings (SSSR count). The Morgan fingerprint density at radius 1 is 0.412 bits per heavy atom. The summed E-state index contributed by atoms with van der Waals surface area (Å²) in [6.45, 7) is 9.45. The summed E-state index contributed by atoms with van der Waals surface area (Å²) >= 11 is 0. The minimum Gasteiger partial charge on any atom is -0.489 e. The van der Waals surface area contributed by atoms with Gasteiger partial charge in [0, 0.05) is 21.5 Å². The zero-order valence-corrected chi connectivity index (χ0v) is 44.0. The quantitative estimate of drug-likeness (QED) is 0.0329. The van der Waals surface area contributed by atoms with E-state index in [9.17, 15) is 9.59 Å². The van der Waals surface area contributed by atoms with Crippen LogP contribution in [0.25, 0.3) is 21.5 Å². The lowest BCUT2D eigenvalue weighted by atomic mass is 9.78. The highest BCUT2D eigenvalue weighted by molar-refractivity contribution is 6.11. The van der Waals surface area contributed by atoms with E-state index in [1.807, 2.05) is 62.4 Å². The molecule has 2 saturated carbocycles. The van der Waals surface area contributed by atoms with Crippen LogP contribution >= 0.6 is 0 Å². The lowest BCUT2D eigenvalue weighted by Crippen LogP contribution is -2.21. The summed E-state index contributed by atoms with van der Waals surface area (Å²) in [6, 6.07) is 16.2. The molecular weight excluding hydrogens is 841 g/mol. The molecule has 6 heteroatoms. The van der Waals surface area contributed by atoms with E-state index in [0.29, 0.717) is 25.0 Å². The molecule has 0 saturated heterocycles. The standard InChI is InChI=1S/C62H98O6/c1-5-7-9-11-13-15-17-19-21-23-29-51-35-39-53(40-36-51)43-45-65-59(63)47-49(3)67-61-55-31-25-27-33-57(55)62(58-34-28-26-32-56(58)61)68-50(4)48-60(64)66-46-44-54-41-37-52(38-42-54)30-24-22-20-18-16-14-12-10-8-6-2/h25-28,31-34,49-54H,5-24,29-30,35-48H2,1-4H3. The van der Waals surface area contributed by atoms with Gasteiger partial charge in [0.25, 0.3) is 0 Å². The van der Waals surface area contributed by atoms with Crippen molar-refractivity contribution in [3.8, 4) is 11.5 Å². The van der Waals surface area contributed by atoms with E-state index in [0.717, 1.165) is 57.7 Å². The van der Waals surface area contributed by atoms with E-state index < -0.39 is 0 Å². The van der Waals surface area contributed by atoms with Crippen LogP contribution in [0.1, 0.15) is 246 Å². The van der Waals surface area contributed by atoms with Crippen LogP contribution < -0.4 is 9.47 Å². The number of ether oxygens (including phenoxy) is 4. The molecule has 2 fully saturated rings. The Labute approximate surface area is 415 Å². The normalized spacial score (nSPS) is 19.5. The van der Waals surface area contributed by atoms with E-state index >= 15 is 0 Å². The van der Waals surface area contributed by atoms with Gasteiger partial charge in [-0.2, -0.15) is 0 Å². The van der Waals surface area contributed by atoms with Crippen molar-refractivity contribution >= 4 is 33.5 Å². The summed E-state index contributed by atoms with van der Waals surface area (Å²) in [4.78, 5) is 26.2. The van der Waals surface area contributed by atoms with E-state index in [1.165, 1.54) is 193 Å². The van der Waals surface area contributed by atoms with Crippen molar-refractivity contribution in [2.75, 3.05) is 13.2 Å². The zero-order valence-electron chi connectivity index (χ0n) is 44.0. The maximum Gasteiger partial charge on any atom is 0.309 e. The van der Waals surface area contributed by atoms with E-state index in [2.05, 4.69) is 13.8 Å². The fourth-order valence-electron chi connectivity index (χ4n) is 11.5. The molecule has 0 N–H and O–H groups in total. The summed E-state index contributed by atoms with van der Waals surface area (Å²) in [5.74, 6) is 4.16. The number of fused-ring (bicyclic) bond motifs is 2. The van der Waals surface area contributed by atoms with Crippen molar-refractivity contribution in [1.82, 2.24) is 0 Å². The van der Waals surface area contributed by atoms with E-state index in [1.54, 1.807) is 0 Å². The summed E-state index contributed by atoms with van der Waals surface area (Å²) < 4.78 is 24.9. The Kier molecular flexibility index (Phi) is 27.3. The van der Waals surface area contributed by atoms with Crippen LogP contribution in [-0.4, -0.2) is 37.4 Å². The predicted octanol–water partition coefficient (Wildman–Crippen LogP) is 18.4. The molecule has 3 aromatic carbocycles. The molecule has 0 bridgehead atoms. The lowest BCUT2D eigenvalue weighted by molar-refractivity contribution is -0.146. The number of carbonyl (C=O) groups excluding carboxylic acids is 2. The molecule has 0 amide bonds. The van der Waals surface area contributed by atoms with Crippen LogP contribution in [0.5, 0.6) is 11.5 Å². The summed E-state index contributed by atoms with van der Waals surface area (Å²) in [7, 11) is 0. The number of benzene rings is 3. The van der Waals surface area contributed by atoms with Gasteiger partial charge in [0.2, 0.25) is 0 Å². The van der Waals surface area contributed by atoms with E-state index in [-0.39, 0.29) is 37.0 Å². The molecule has 0 aromatic heterocycles. The third-order valence-electron chi connectivity index (χ3n) is 15.8. The second-order valence-corrected chi connectivity index (χ2v) is 21.7. The molecule has 0 heterocycles. The van der Waals surface area contributed by atoms with Gasteiger partial charge in [-0.25, -0.2) is 0 Å². The van der Waals surface area contributed by atoms with Gasteiger partial charge in [-0.1, -0.05) is 255 Å². The Morgan fingerprint density at radius 3 is 0.971 bits per heavy atom. The topological polar surface area (TPSA) is 71.1 Å². The first kappa shape index (κ1) is 55.6. The summed E-state index contributed by atoms with van der Waals surface area (Å²) in [5, 5.41) is 3.66. The second-order valence-electron chi connectivity index (χ2n) is 21.7. The minimum atomic E-state index is -0.375. The first-order valence-corrected chi connectivity index (χ1v) is 28.9. The molecule has 2 unspecified atom stereocenters. The van der Waals surface area contributed by atoms with Crippen molar-refractivity contribution in [3.63, 3.8) is 0 Å². The zero-order chi connectivity index (χ0) is 48.0. The van der Waals surface area contributed by atoms with Crippen LogP contribution in [0.4, 0.5) is 0 Å². The molecule has 2 aliphatic carbocycles. The van der Waals surface area contributed by atoms with Crippen LogP contribution in [0, 0.1) is 23.7 Å². The van der Waals surface area contributed by atoms with Crippen molar-refractivity contribution in [3.05, 3.63) is 48.5 Å². The number of carbonyl (C=O) groups is 2. The van der Waals surface area contributed by atoms with Crippen molar-refractivity contribution in [1.29, 1.82) is 0 Å². The number of hydrogen-bond donors (Lipinski definition) is 0. The number of unbranched alkanes of at least 4 members (excludes halogenated alkanes) is 18. The van der Waals surface area contributed by atoms with Crippen molar-refractivity contribution in [2.24, 2.45) is 23.7 Å². The van der Waals surface area contributed by atoms with E-state index in [4.69, 9.17) is 18.9 Å². The number of rotatable bonds is 36. The summed E-state index contributed by atoms with van der Waals surface area (Å²) in [6.07, 6.45) is 42.8. The molecular formula is C62H98O6. The van der Waals surface area contributed by atoms with Crippen LogP contribution in [0.2, 0.25) is 0 Å². The predicted molar refractivity (Wildman–Crippen MR) is 286 cm³/mol. The largest absolute Gasteiger partial charge is 0.489 e. The van der Waals surface area contributed by atoms with Gasteiger partial charge in [0.15, 0.2) is 0 Å². The Bertz CT molecular complexity index is 1620. The minimum absolute atomic E-state index is 0.187. The molecule has 2 aliphatic rings. The molecule has 3 aromatic rings. The average Bonchev–Trinajstić information content (AvgIpc) is 3.34. The Balaban J connectivity index is 0.971. The fraction of sp³-hybridized carbons (Fsp3) is 0.742. The van der Waals surface area contributed by atoms with Gasteiger partial charge < -0.3 is 18.9 Å². The highest BCUT2D eigenvalue weighted by Gasteiger charge is 2.25. The first-order chi connectivity index (χ1) is 33.3. The Hall–Kier alpha value is -3.28. The average molecular weight is 939 g/mol. The SMILES string of the molecule is CCCCCCCCCCCCC1CCC(CCOC(=O)CC(C)Oc2c3ccccc3c(OC(C)CC(=O)OCCC3CCC(CCCCCCCCCCCC)CC3)c3ccccc23)CC1. The van der Waals surface area contributed by atoms with Gasteiger partial charge in [0.1, 0.15) is 23.7 Å². The lowest BCUT2D eigenvalue weighted by Gasteiger charge is -2.28. The van der Waals surface area contributed by atoms with Gasteiger partial charge in [0.05, 0.1) is 26.1 Å². The molecule has 6 nitrogen and oxygen atoms in total. The first-order valence-electron chi connectivity index (χ1n) is 28.9. The van der Waals surface area contributed by atoms with Crippen molar-refractivity contribution < 1.29 is 28.5 Å². The van der Waals surface area contributed by atoms with Crippen LogP contribution in [0.3, 0.4) is 0 Å². The third-order valence-corrected chi connectivity index (χ3v) is 15.8. The molecule has 0 spiro atoms. The highest BCUT2D eigenvalue weighted by Crippen LogP contribution is 2.44. The maximum atomic E-state index is 13.1.